The van der Waals surface area contributed by atoms with E-state index >= 15 is 0 Å². The van der Waals surface area contributed by atoms with Crippen LogP contribution in [0.4, 0.5) is 0 Å². The van der Waals surface area contributed by atoms with Crippen molar-refractivity contribution in [2.75, 3.05) is 6.61 Å². The fraction of sp³-hybridized carbons (Fsp3) is 0.278. The van der Waals surface area contributed by atoms with Crippen LogP contribution in [0.15, 0.2) is 49.0 Å². The van der Waals surface area contributed by atoms with Crippen LogP contribution >= 0.6 is 31.9 Å². The summed E-state index contributed by atoms with van der Waals surface area (Å²) in [4.78, 5) is 23.7. The lowest BCUT2D eigenvalue weighted by atomic mass is 10.2. The molecule has 2 N–H and O–H groups in total. The summed E-state index contributed by atoms with van der Waals surface area (Å²) >= 11 is 6.81. The van der Waals surface area contributed by atoms with E-state index in [4.69, 9.17) is 9.15 Å². The Labute approximate surface area is 173 Å². The summed E-state index contributed by atoms with van der Waals surface area (Å²) in [6.07, 6.45) is 1.61. The number of amides is 2. The lowest BCUT2D eigenvalue weighted by Crippen LogP contribution is -2.28. The van der Waals surface area contributed by atoms with Crippen LogP contribution in [0.25, 0.3) is 0 Å². The predicted octanol–water partition coefficient (Wildman–Crippen LogP) is 3.69. The molecule has 1 aromatic carbocycles. The Bertz CT molecular complexity index is 835. The molecule has 0 aliphatic rings. The normalized spacial score (nSPS) is 11.2. The van der Waals surface area contributed by atoms with Crippen molar-refractivity contribution in [3.63, 3.8) is 0 Å². The van der Waals surface area contributed by atoms with Crippen LogP contribution in [0.5, 0.6) is 5.75 Å². The van der Waals surface area contributed by atoms with E-state index in [1.165, 1.54) is 0 Å². The van der Waals surface area contributed by atoms with Gasteiger partial charge in [0.05, 0.1) is 23.7 Å². The van der Waals surface area contributed by atoms with Crippen LogP contribution in [0.3, 0.4) is 0 Å². The molecule has 2 aromatic rings. The van der Waals surface area contributed by atoms with Crippen molar-refractivity contribution in [2.24, 2.45) is 5.10 Å². The van der Waals surface area contributed by atoms with Gasteiger partial charge in [-0.25, -0.2) is 5.43 Å². The minimum atomic E-state index is -0.419. The van der Waals surface area contributed by atoms with Gasteiger partial charge in [0.15, 0.2) is 6.61 Å². The maximum Gasteiger partial charge on any atom is 0.277 e. The molecule has 2 amide bonds. The summed E-state index contributed by atoms with van der Waals surface area (Å²) in [6, 6.07) is 7.19. The number of rotatable bonds is 8. The molecule has 2 rings (SSSR count). The van der Waals surface area contributed by atoms with E-state index in [-0.39, 0.29) is 18.9 Å². The van der Waals surface area contributed by atoms with E-state index < -0.39 is 5.91 Å². The molecule has 0 fully saturated rings. The topological polar surface area (TPSA) is 92.9 Å². The number of nitrogens with one attached hydrogen (secondary N) is 2. The molecule has 0 atom stereocenters. The van der Waals surface area contributed by atoms with E-state index in [0.717, 1.165) is 14.5 Å². The molecule has 0 saturated carbocycles. The van der Waals surface area contributed by atoms with E-state index in [0.29, 0.717) is 23.8 Å². The standard InChI is InChI=1S/C18H19Br2N3O4/c1-11-6-16(15(20)8-14(11)19)27-10-18(25)23-22-12(2)7-17(24)21-9-13-4-3-5-26-13/h3-6,8H,7,9-10H2,1-2H3,(H,21,24)(H,23,25)/b22-12-. The monoisotopic (exact) mass is 499 g/mol. The van der Waals surface area contributed by atoms with Crippen LogP contribution < -0.4 is 15.5 Å². The lowest BCUT2D eigenvalue weighted by molar-refractivity contribution is -0.123. The second-order valence-electron chi connectivity index (χ2n) is 5.74. The van der Waals surface area contributed by atoms with Gasteiger partial charge < -0.3 is 14.5 Å². The average Bonchev–Trinajstić information content (AvgIpc) is 3.13. The fourth-order valence-electron chi connectivity index (χ4n) is 2.01. The van der Waals surface area contributed by atoms with Crippen molar-refractivity contribution in [2.45, 2.75) is 26.8 Å². The molecule has 27 heavy (non-hydrogen) atoms. The highest BCUT2D eigenvalue weighted by Gasteiger charge is 2.09. The van der Waals surface area contributed by atoms with Gasteiger partial charge in [-0.1, -0.05) is 15.9 Å². The van der Waals surface area contributed by atoms with Crippen LogP contribution in [-0.2, 0) is 16.1 Å². The van der Waals surface area contributed by atoms with E-state index in [1.54, 1.807) is 25.3 Å². The SMILES string of the molecule is C/C(CC(=O)NCc1ccco1)=N/NC(=O)COc1cc(C)c(Br)cc1Br. The summed E-state index contributed by atoms with van der Waals surface area (Å²) in [5.41, 5.74) is 3.84. The van der Waals surface area contributed by atoms with Crippen molar-refractivity contribution in [1.82, 2.24) is 10.7 Å². The summed E-state index contributed by atoms with van der Waals surface area (Å²) in [5.74, 6) is 0.590. The van der Waals surface area contributed by atoms with Crippen LogP contribution in [0, 0.1) is 6.92 Å². The van der Waals surface area contributed by atoms with Crippen molar-refractivity contribution in [3.05, 3.63) is 50.8 Å². The lowest BCUT2D eigenvalue weighted by Gasteiger charge is -2.09. The summed E-state index contributed by atoms with van der Waals surface area (Å²) < 4.78 is 12.3. The number of carbonyl (C=O) groups excluding carboxylic acids is 2. The van der Waals surface area contributed by atoms with Gasteiger partial charge >= 0.3 is 0 Å². The Kier molecular flexibility index (Phi) is 8.05. The van der Waals surface area contributed by atoms with Crippen LogP contribution in [-0.4, -0.2) is 24.1 Å². The zero-order valence-corrected chi connectivity index (χ0v) is 18.0. The first-order valence-corrected chi connectivity index (χ1v) is 9.63. The Balaban J connectivity index is 1.74. The second-order valence-corrected chi connectivity index (χ2v) is 7.44. The van der Waals surface area contributed by atoms with Crippen LogP contribution in [0.1, 0.15) is 24.7 Å². The number of hydrazone groups is 1. The van der Waals surface area contributed by atoms with Crippen molar-refractivity contribution in [1.29, 1.82) is 0 Å². The minimum absolute atomic E-state index is 0.0688. The highest BCUT2D eigenvalue weighted by Crippen LogP contribution is 2.31. The molecule has 7 nitrogen and oxygen atoms in total. The van der Waals surface area contributed by atoms with Gasteiger partial charge in [0.1, 0.15) is 11.5 Å². The van der Waals surface area contributed by atoms with E-state index in [9.17, 15) is 9.59 Å². The van der Waals surface area contributed by atoms with Gasteiger partial charge in [0.25, 0.3) is 5.91 Å². The summed E-state index contributed by atoms with van der Waals surface area (Å²) in [7, 11) is 0. The molecule has 0 spiro atoms. The first kappa shape index (κ1) is 21.2. The van der Waals surface area contributed by atoms with Gasteiger partial charge in [-0.2, -0.15) is 5.10 Å². The Morgan fingerprint density at radius 2 is 2.00 bits per heavy atom. The van der Waals surface area contributed by atoms with Crippen LogP contribution in [0.2, 0.25) is 0 Å². The number of benzene rings is 1. The van der Waals surface area contributed by atoms with Crippen molar-refractivity contribution >= 4 is 49.4 Å². The number of hydrogen-bond acceptors (Lipinski definition) is 5. The van der Waals surface area contributed by atoms with Gasteiger partial charge in [-0.05, 0) is 59.6 Å². The molecule has 1 aromatic heterocycles. The van der Waals surface area contributed by atoms with Crippen molar-refractivity contribution < 1.29 is 18.7 Å². The van der Waals surface area contributed by atoms with E-state index in [2.05, 4.69) is 47.7 Å². The third-order valence-electron chi connectivity index (χ3n) is 3.40. The number of aryl methyl sites for hydroxylation is 1. The smallest absolute Gasteiger partial charge is 0.277 e. The molecule has 0 bridgehead atoms. The molecule has 0 radical (unpaired) electrons. The molecule has 144 valence electrons. The highest BCUT2D eigenvalue weighted by molar-refractivity contribution is 9.11. The molecular weight excluding hydrogens is 482 g/mol. The number of halogens is 2. The number of ether oxygens (including phenoxy) is 1. The highest BCUT2D eigenvalue weighted by atomic mass is 79.9. The van der Waals surface area contributed by atoms with Gasteiger partial charge in [0, 0.05) is 10.2 Å². The Morgan fingerprint density at radius 3 is 2.70 bits per heavy atom. The average molecular weight is 501 g/mol. The zero-order valence-electron chi connectivity index (χ0n) is 14.8. The fourth-order valence-corrected chi connectivity index (χ4v) is 3.12. The molecule has 9 heteroatoms. The number of carbonyl (C=O) groups is 2. The molecule has 0 saturated heterocycles. The first-order valence-electron chi connectivity index (χ1n) is 8.04. The zero-order chi connectivity index (χ0) is 19.8. The number of hydrogen-bond donors (Lipinski definition) is 2. The molecule has 0 aliphatic carbocycles. The largest absolute Gasteiger partial charge is 0.483 e. The minimum Gasteiger partial charge on any atom is -0.483 e. The molecule has 1 heterocycles. The molecular formula is C18H19Br2N3O4. The Morgan fingerprint density at radius 1 is 1.22 bits per heavy atom. The van der Waals surface area contributed by atoms with Gasteiger partial charge in [-0.15, -0.1) is 0 Å². The van der Waals surface area contributed by atoms with Gasteiger partial charge in [0.2, 0.25) is 5.91 Å². The summed E-state index contributed by atoms with van der Waals surface area (Å²) in [5, 5.41) is 6.62. The maximum atomic E-state index is 11.9. The Hall–Kier alpha value is -2.13. The number of furan rings is 1. The third kappa shape index (κ3) is 7.18. The quantitative estimate of drug-likeness (QED) is 0.427. The maximum absolute atomic E-state index is 11.9. The number of nitrogens with zero attached hydrogens (tertiary/aromatic N) is 1. The molecule has 0 aliphatic heterocycles. The first-order chi connectivity index (χ1) is 12.8. The second kappa shape index (κ2) is 10.3. The third-order valence-corrected chi connectivity index (χ3v) is 4.87. The predicted molar refractivity (Wildman–Crippen MR) is 108 cm³/mol. The van der Waals surface area contributed by atoms with Gasteiger partial charge in [-0.3, -0.25) is 9.59 Å². The van der Waals surface area contributed by atoms with Crippen molar-refractivity contribution in [3.8, 4) is 5.75 Å². The van der Waals surface area contributed by atoms with E-state index in [1.807, 2.05) is 19.1 Å². The molecule has 0 unspecified atom stereocenters. The summed E-state index contributed by atoms with van der Waals surface area (Å²) in [6.45, 7) is 3.69.